The van der Waals surface area contributed by atoms with Crippen LogP contribution in [-0.2, 0) is 26.0 Å². The van der Waals surface area contributed by atoms with E-state index in [1.54, 1.807) is 36.4 Å². The van der Waals surface area contributed by atoms with E-state index in [0.717, 1.165) is 47.9 Å². The van der Waals surface area contributed by atoms with Crippen molar-refractivity contribution in [1.82, 2.24) is 25.2 Å². The van der Waals surface area contributed by atoms with Crippen LogP contribution >= 0.6 is 24.0 Å². The lowest BCUT2D eigenvalue weighted by molar-refractivity contribution is -0.130. The molecule has 48 heavy (non-hydrogen) atoms. The molecule has 15 heteroatoms. The minimum atomic E-state index is -3.71. The summed E-state index contributed by atoms with van der Waals surface area (Å²) in [5.41, 5.74) is 9.64. The molecule has 0 spiro atoms. The normalized spacial score (nSPS) is 16.8. The predicted octanol–water partition coefficient (Wildman–Crippen LogP) is 3.92. The largest absolute Gasteiger partial charge is 0.395 e. The number of hydrogen-bond acceptors (Lipinski definition) is 8. The van der Waals surface area contributed by atoms with E-state index in [1.165, 1.54) is 12.1 Å². The van der Waals surface area contributed by atoms with Crippen molar-refractivity contribution in [3.63, 3.8) is 0 Å². The first-order valence-corrected chi connectivity index (χ1v) is 17.3. The number of aromatic nitrogens is 3. The lowest BCUT2D eigenvalue weighted by Gasteiger charge is -2.28. The Labute approximate surface area is 290 Å². The van der Waals surface area contributed by atoms with Gasteiger partial charge in [0, 0.05) is 30.1 Å². The summed E-state index contributed by atoms with van der Waals surface area (Å²) in [6, 6.07) is 20.2. The van der Waals surface area contributed by atoms with Crippen molar-refractivity contribution in [2.24, 2.45) is 17.6 Å². The second kappa shape index (κ2) is 17.0. The molecular formula is C33H39Cl2N7O5S. The topological polar surface area (TPSA) is 192 Å². The van der Waals surface area contributed by atoms with Gasteiger partial charge < -0.3 is 26.5 Å². The Balaban J connectivity index is 0.00000520. The number of nitrogens with zero attached hydrogens (tertiary/aromatic N) is 2. The monoisotopic (exact) mass is 715 g/mol. The molecule has 12 nitrogen and oxygen atoms in total. The summed E-state index contributed by atoms with van der Waals surface area (Å²) in [4.78, 5) is 29.9. The average molecular weight is 717 g/mol. The van der Waals surface area contributed by atoms with Gasteiger partial charge in [0.1, 0.15) is 6.04 Å². The van der Waals surface area contributed by atoms with E-state index in [-0.39, 0.29) is 59.9 Å². The van der Waals surface area contributed by atoms with Crippen molar-refractivity contribution in [2.75, 3.05) is 25.0 Å². The van der Waals surface area contributed by atoms with E-state index < -0.39 is 16.1 Å². The summed E-state index contributed by atoms with van der Waals surface area (Å²) in [5.74, 6) is 0.269. The standard InChI is InChI=1S/C33H38ClN7O5S.ClH/c34-33-39-30(40-41-33)25-9-13-27(14-10-25)37-32(44)29(38-31(43)26-7-3-22(20-35)4-8-26)19-21-1-5-23(6-2-21)24-11-15-28(16-12-24)47(45,46)36-17-18-42;/h1-2,5-6,9-16,22,26,29,36,42H,3-4,7-8,17-20,35H2,(H,37,44)(H,38,43)(H,39,40,41);1H/t22?,26?,29-;/m0./s1. The van der Waals surface area contributed by atoms with Crippen molar-refractivity contribution >= 4 is 51.5 Å². The van der Waals surface area contributed by atoms with Gasteiger partial charge in [-0.25, -0.2) is 13.1 Å². The molecule has 3 aromatic carbocycles. The van der Waals surface area contributed by atoms with E-state index in [4.69, 9.17) is 22.4 Å². The van der Waals surface area contributed by atoms with Crippen molar-refractivity contribution in [2.45, 2.75) is 43.0 Å². The molecule has 0 saturated heterocycles. The molecule has 1 aromatic heterocycles. The first-order valence-electron chi connectivity index (χ1n) is 15.4. The van der Waals surface area contributed by atoms with Gasteiger partial charge in [0.2, 0.25) is 27.1 Å². The van der Waals surface area contributed by atoms with Gasteiger partial charge in [-0.15, -0.1) is 22.6 Å². The number of H-pyrrole nitrogens is 1. The van der Waals surface area contributed by atoms with Gasteiger partial charge in [0.25, 0.3) is 0 Å². The summed E-state index contributed by atoms with van der Waals surface area (Å²) < 4.78 is 27.0. The number of aliphatic hydroxyl groups excluding tert-OH is 1. The maximum absolute atomic E-state index is 13.6. The van der Waals surface area contributed by atoms with Crippen molar-refractivity contribution in [3.05, 3.63) is 83.6 Å². The quantitative estimate of drug-likeness (QED) is 0.120. The van der Waals surface area contributed by atoms with Gasteiger partial charge >= 0.3 is 0 Å². The molecule has 1 aliphatic carbocycles. The minimum Gasteiger partial charge on any atom is -0.395 e. The number of benzene rings is 3. The third-order valence-electron chi connectivity index (χ3n) is 8.36. The molecule has 2 amide bonds. The molecule has 0 unspecified atom stereocenters. The van der Waals surface area contributed by atoms with Crippen molar-refractivity contribution in [1.29, 1.82) is 0 Å². The van der Waals surface area contributed by atoms with Gasteiger partial charge in [-0.05, 0) is 103 Å². The Kier molecular flexibility index (Phi) is 13.1. The van der Waals surface area contributed by atoms with Crippen LogP contribution in [0.1, 0.15) is 31.2 Å². The number of anilines is 1. The number of sulfonamides is 1. The first kappa shape index (κ1) is 37.0. The van der Waals surface area contributed by atoms with Crippen LogP contribution in [0.2, 0.25) is 5.28 Å². The van der Waals surface area contributed by atoms with E-state index in [9.17, 15) is 18.0 Å². The Morgan fingerprint density at radius 3 is 2.08 bits per heavy atom. The van der Waals surface area contributed by atoms with Gasteiger partial charge in [-0.2, -0.15) is 0 Å². The molecule has 1 fully saturated rings. The zero-order valence-electron chi connectivity index (χ0n) is 26.1. The van der Waals surface area contributed by atoms with Gasteiger partial charge in [-0.3, -0.25) is 9.59 Å². The van der Waals surface area contributed by atoms with Crippen LogP contribution in [0, 0.1) is 11.8 Å². The van der Waals surface area contributed by atoms with Crippen LogP contribution in [0.4, 0.5) is 5.69 Å². The molecule has 1 atom stereocenters. The van der Waals surface area contributed by atoms with Gasteiger partial charge in [-0.1, -0.05) is 36.4 Å². The van der Waals surface area contributed by atoms with E-state index in [2.05, 4.69) is 30.5 Å². The number of nitrogens with one attached hydrogen (secondary N) is 4. The number of hydrogen-bond donors (Lipinski definition) is 6. The highest BCUT2D eigenvalue weighted by Gasteiger charge is 2.29. The fourth-order valence-electron chi connectivity index (χ4n) is 5.63. The van der Waals surface area contributed by atoms with E-state index >= 15 is 0 Å². The first-order chi connectivity index (χ1) is 22.6. The highest BCUT2D eigenvalue weighted by Crippen LogP contribution is 2.29. The number of halogens is 2. The maximum Gasteiger partial charge on any atom is 0.247 e. The smallest absolute Gasteiger partial charge is 0.247 e. The Morgan fingerprint density at radius 1 is 0.917 bits per heavy atom. The summed E-state index contributed by atoms with van der Waals surface area (Å²) in [5, 5.41) is 22.8. The van der Waals surface area contributed by atoms with Crippen LogP contribution in [0.25, 0.3) is 22.5 Å². The zero-order chi connectivity index (χ0) is 33.4. The van der Waals surface area contributed by atoms with Gasteiger partial charge in [0.15, 0.2) is 5.82 Å². The number of carbonyl (C=O) groups is 2. The van der Waals surface area contributed by atoms with Crippen LogP contribution in [-0.4, -0.2) is 66.3 Å². The molecule has 4 aromatic rings. The lowest BCUT2D eigenvalue weighted by atomic mass is 9.81. The zero-order valence-corrected chi connectivity index (χ0v) is 28.5. The minimum absolute atomic E-state index is 0. The Bertz CT molecular complexity index is 1760. The van der Waals surface area contributed by atoms with Crippen molar-refractivity contribution < 1.29 is 23.1 Å². The summed E-state index contributed by atoms with van der Waals surface area (Å²) in [7, 11) is -3.71. The molecule has 0 aliphatic heterocycles. The number of aromatic amines is 1. The summed E-state index contributed by atoms with van der Waals surface area (Å²) in [6.45, 7) is 0.258. The number of aliphatic hydroxyl groups is 1. The van der Waals surface area contributed by atoms with Crippen LogP contribution in [0.5, 0.6) is 0 Å². The van der Waals surface area contributed by atoms with Crippen LogP contribution < -0.4 is 21.1 Å². The third kappa shape index (κ3) is 9.62. The van der Waals surface area contributed by atoms with Crippen molar-refractivity contribution in [3.8, 4) is 22.5 Å². The number of carbonyl (C=O) groups excluding carboxylic acids is 2. The van der Waals surface area contributed by atoms with Crippen LogP contribution in [0.3, 0.4) is 0 Å². The Morgan fingerprint density at radius 2 is 1.52 bits per heavy atom. The molecule has 256 valence electrons. The molecule has 1 aliphatic rings. The number of nitrogens with two attached hydrogens (primary N) is 1. The van der Waals surface area contributed by atoms with Gasteiger partial charge in [0.05, 0.1) is 11.5 Å². The number of amides is 2. The highest BCUT2D eigenvalue weighted by atomic mass is 35.5. The fourth-order valence-corrected chi connectivity index (χ4v) is 6.78. The molecule has 1 saturated carbocycles. The summed E-state index contributed by atoms with van der Waals surface area (Å²) >= 11 is 5.84. The molecule has 1 heterocycles. The maximum atomic E-state index is 13.6. The Hall–Kier alpha value is -3.85. The number of rotatable bonds is 13. The van der Waals surface area contributed by atoms with E-state index in [1.807, 2.05) is 24.3 Å². The highest BCUT2D eigenvalue weighted by molar-refractivity contribution is 7.89. The second-order valence-corrected chi connectivity index (χ2v) is 13.7. The molecule has 5 rings (SSSR count). The predicted molar refractivity (Wildman–Crippen MR) is 187 cm³/mol. The van der Waals surface area contributed by atoms with E-state index in [0.29, 0.717) is 24.0 Å². The molecule has 7 N–H and O–H groups in total. The average Bonchev–Trinajstić information content (AvgIpc) is 3.53. The summed E-state index contributed by atoms with van der Waals surface area (Å²) in [6.07, 6.45) is 3.52. The fraction of sp³-hybridized carbons (Fsp3) is 0.333. The molecule has 0 radical (unpaired) electrons. The third-order valence-corrected chi connectivity index (χ3v) is 10.0. The lowest BCUT2D eigenvalue weighted by Crippen LogP contribution is -2.48. The van der Waals surface area contributed by atoms with Crippen LogP contribution in [0.15, 0.2) is 77.7 Å². The SMILES string of the molecule is Cl.NCC1CCC(C(=O)N[C@@H](Cc2ccc(-c3ccc(S(=O)(=O)NCCO)cc3)cc2)C(=O)Nc2ccc(-c3nnc(Cl)[nH]3)cc2)CC1. The molecular weight excluding hydrogens is 677 g/mol. The molecule has 0 bridgehead atoms. The second-order valence-electron chi connectivity index (χ2n) is 11.6.